The molecular formula is C19H21OP. The van der Waals surface area contributed by atoms with Crippen LogP contribution in [0, 0.1) is 5.92 Å². The average Bonchev–Trinajstić information content (AvgIpc) is 2.59. The fraction of sp³-hybridized carbons (Fsp3) is 0.263. The lowest BCUT2D eigenvalue weighted by Gasteiger charge is -2.41. The van der Waals surface area contributed by atoms with Gasteiger partial charge in [-0.1, -0.05) is 72.8 Å². The van der Waals surface area contributed by atoms with E-state index >= 15 is 0 Å². The number of hydrogen-bond acceptors (Lipinski definition) is 1. The highest BCUT2D eigenvalue weighted by atomic mass is 31.0. The molecule has 0 saturated heterocycles. The summed E-state index contributed by atoms with van der Waals surface area (Å²) in [5, 5.41) is 0. The number of hydrogen-bond donors (Lipinski definition) is 0. The number of benzene rings is 2. The van der Waals surface area contributed by atoms with Gasteiger partial charge in [-0.3, -0.25) is 0 Å². The lowest BCUT2D eigenvalue weighted by atomic mass is 9.71. The number of rotatable bonds is 4. The Labute approximate surface area is 129 Å². The normalized spacial score (nSPS) is 18.6. The molecule has 0 fully saturated rings. The molecule has 3 rings (SSSR count). The maximum Gasteiger partial charge on any atom is 0.125 e. The Morgan fingerprint density at radius 1 is 0.857 bits per heavy atom. The minimum absolute atomic E-state index is 0.391. The van der Waals surface area contributed by atoms with Crippen LogP contribution in [-0.4, -0.2) is 0 Å². The second-order valence-corrected chi connectivity index (χ2v) is 5.80. The van der Waals surface area contributed by atoms with E-state index < -0.39 is 5.60 Å². The maximum absolute atomic E-state index is 6.13. The third-order valence-corrected chi connectivity index (χ3v) is 4.81. The van der Waals surface area contributed by atoms with Crippen LogP contribution in [0.3, 0.4) is 0 Å². The van der Waals surface area contributed by atoms with Crippen LogP contribution in [0.25, 0.3) is 0 Å². The van der Waals surface area contributed by atoms with Gasteiger partial charge in [0.25, 0.3) is 0 Å². The van der Waals surface area contributed by atoms with Crippen molar-refractivity contribution < 1.29 is 4.52 Å². The summed E-state index contributed by atoms with van der Waals surface area (Å²) in [6, 6.07) is 21.2. The Hall–Kier alpha value is -1.43. The predicted octanol–water partition coefficient (Wildman–Crippen LogP) is 5.09. The third-order valence-electron chi connectivity index (χ3n) is 4.44. The van der Waals surface area contributed by atoms with Crippen LogP contribution in [0.1, 0.15) is 30.4 Å². The molecule has 0 N–H and O–H groups in total. The van der Waals surface area contributed by atoms with Crippen LogP contribution in [0.15, 0.2) is 72.8 Å². The molecule has 0 heterocycles. The van der Waals surface area contributed by atoms with Gasteiger partial charge in [0.05, 0.1) is 0 Å². The summed E-state index contributed by atoms with van der Waals surface area (Å²) >= 11 is 0. The van der Waals surface area contributed by atoms with Gasteiger partial charge in [0.2, 0.25) is 0 Å². The van der Waals surface area contributed by atoms with E-state index in [0.717, 1.165) is 19.3 Å². The smallest absolute Gasteiger partial charge is 0.125 e. The zero-order chi connectivity index (χ0) is 14.5. The van der Waals surface area contributed by atoms with E-state index in [0.29, 0.717) is 5.92 Å². The Morgan fingerprint density at radius 3 is 1.86 bits per heavy atom. The predicted molar refractivity (Wildman–Crippen MR) is 90.9 cm³/mol. The molecule has 1 aliphatic rings. The van der Waals surface area contributed by atoms with Gasteiger partial charge in [0.15, 0.2) is 0 Å². The molecular weight excluding hydrogens is 275 g/mol. The molecule has 0 radical (unpaired) electrons. The van der Waals surface area contributed by atoms with E-state index in [1.54, 1.807) is 0 Å². The first-order chi connectivity index (χ1) is 10.4. The largest absolute Gasteiger partial charge is 0.350 e. The van der Waals surface area contributed by atoms with Crippen molar-refractivity contribution in [2.75, 3.05) is 0 Å². The topological polar surface area (TPSA) is 9.23 Å². The SMILES string of the molecule is POC(c1ccccc1)(c1ccccc1)C1CC=CCC1. The molecule has 2 aromatic carbocycles. The zero-order valence-corrected chi connectivity index (χ0v) is 13.3. The molecule has 0 spiro atoms. The summed E-state index contributed by atoms with van der Waals surface area (Å²) in [4.78, 5) is 0. The Morgan fingerprint density at radius 2 is 1.43 bits per heavy atom. The molecule has 21 heavy (non-hydrogen) atoms. The van der Waals surface area contributed by atoms with Crippen LogP contribution < -0.4 is 0 Å². The molecule has 108 valence electrons. The van der Waals surface area contributed by atoms with Gasteiger partial charge in [-0.05, 0) is 30.4 Å². The van der Waals surface area contributed by atoms with Crippen LogP contribution >= 0.6 is 9.47 Å². The van der Waals surface area contributed by atoms with E-state index in [9.17, 15) is 0 Å². The molecule has 0 aliphatic heterocycles. The van der Waals surface area contributed by atoms with Crippen molar-refractivity contribution in [3.63, 3.8) is 0 Å². The van der Waals surface area contributed by atoms with Gasteiger partial charge in [-0.25, -0.2) is 0 Å². The summed E-state index contributed by atoms with van der Waals surface area (Å²) in [7, 11) is 2.52. The fourth-order valence-corrected chi connectivity index (χ4v) is 3.87. The molecule has 2 heteroatoms. The Kier molecular flexibility index (Phi) is 4.53. The zero-order valence-electron chi connectivity index (χ0n) is 12.1. The number of allylic oxidation sites excluding steroid dienone is 2. The molecule has 0 saturated carbocycles. The van der Waals surface area contributed by atoms with Crippen molar-refractivity contribution in [3.05, 3.63) is 83.9 Å². The van der Waals surface area contributed by atoms with Crippen molar-refractivity contribution in [3.8, 4) is 0 Å². The standard InChI is InChI=1S/C19H21OP/c21-20-19(16-10-4-1-5-11-16,17-12-6-2-7-13-17)18-14-8-3-9-15-18/h1-8,10-13,18H,9,14-15,21H2. The van der Waals surface area contributed by atoms with Crippen LogP contribution in [0.5, 0.6) is 0 Å². The Balaban J connectivity index is 2.15. The van der Waals surface area contributed by atoms with E-state index in [1.807, 2.05) is 0 Å². The maximum atomic E-state index is 6.13. The van der Waals surface area contributed by atoms with Crippen molar-refractivity contribution in [1.82, 2.24) is 0 Å². The van der Waals surface area contributed by atoms with Crippen molar-refractivity contribution in [1.29, 1.82) is 0 Å². The lowest BCUT2D eigenvalue weighted by molar-refractivity contribution is 0.0591. The molecule has 2 aromatic rings. The van der Waals surface area contributed by atoms with Gasteiger partial charge < -0.3 is 4.52 Å². The first-order valence-electron chi connectivity index (χ1n) is 7.52. The second-order valence-electron chi connectivity index (χ2n) is 5.57. The Bertz CT molecular complexity index is 552. The molecule has 1 aliphatic carbocycles. The summed E-state index contributed by atoms with van der Waals surface area (Å²) in [6.07, 6.45) is 7.89. The van der Waals surface area contributed by atoms with Gasteiger partial charge >= 0.3 is 0 Å². The average molecular weight is 296 g/mol. The molecule has 0 bridgehead atoms. The van der Waals surface area contributed by atoms with Crippen LogP contribution in [0.2, 0.25) is 0 Å². The van der Waals surface area contributed by atoms with Gasteiger partial charge in [0, 0.05) is 15.4 Å². The fourth-order valence-electron chi connectivity index (χ4n) is 3.40. The summed E-state index contributed by atoms with van der Waals surface area (Å²) in [5.74, 6) is 0.449. The summed E-state index contributed by atoms with van der Waals surface area (Å²) in [6.45, 7) is 0. The van der Waals surface area contributed by atoms with Crippen molar-refractivity contribution in [2.24, 2.45) is 5.92 Å². The quantitative estimate of drug-likeness (QED) is 0.564. The van der Waals surface area contributed by atoms with Gasteiger partial charge in [-0.15, -0.1) is 0 Å². The van der Waals surface area contributed by atoms with E-state index in [-0.39, 0.29) is 0 Å². The molecule has 1 nitrogen and oxygen atoms in total. The molecule has 0 amide bonds. The monoisotopic (exact) mass is 296 g/mol. The first-order valence-corrected chi connectivity index (χ1v) is 7.99. The first kappa shape index (κ1) is 14.5. The van der Waals surface area contributed by atoms with Crippen molar-refractivity contribution in [2.45, 2.75) is 24.9 Å². The van der Waals surface area contributed by atoms with Crippen LogP contribution in [-0.2, 0) is 10.1 Å². The highest BCUT2D eigenvalue weighted by Gasteiger charge is 2.42. The highest BCUT2D eigenvalue weighted by Crippen LogP contribution is 2.46. The minimum atomic E-state index is -0.391. The highest BCUT2D eigenvalue weighted by molar-refractivity contribution is 7.09. The molecule has 2 atom stereocenters. The second kappa shape index (κ2) is 6.56. The summed E-state index contributed by atoms with van der Waals surface area (Å²) < 4.78 is 6.13. The van der Waals surface area contributed by atoms with Gasteiger partial charge in [0.1, 0.15) is 5.60 Å². The minimum Gasteiger partial charge on any atom is -0.350 e. The summed E-state index contributed by atoms with van der Waals surface area (Å²) in [5.41, 5.74) is 2.07. The molecule has 0 aromatic heterocycles. The lowest BCUT2D eigenvalue weighted by Crippen LogP contribution is -2.37. The molecule has 2 unspecified atom stereocenters. The third kappa shape index (κ3) is 2.69. The van der Waals surface area contributed by atoms with Crippen LogP contribution in [0.4, 0.5) is 0 Å². The van der Waals surface area contributed by atoms with E-state index in [2.05, 4.69) is 82.3 Å². The van der Waals surface area contributed by atoms with E-state index in [1.165, 1.54) is 11.1 Å². The van der Waals surface area contributed by atoms with E-state index in [4.69, 9.17) is 4.52 Å². The van der Waals surface area contributed by atoms with Crippen molar-refractivity contribution >= 4 is 9.47 Å². The van der Waals surface area contributed by atoms with Gasteiger partial charge in [-0.2, -0.15) is 0 Å².